The van der Waals surface area contributed by atoms with Gasteiger partial charge in [-0.2, -0.15) is 0 Å². The third-order valence-corrected chi connectivity index (χ3v) is 4.74. The van der Waals surface area contributed by atoms with E-state index in [2.05, 4.69) is 0 Å². The van der Waals surface area contributed by atoms with Gasteiger partial charge in [0.1, 0.15) is 6.04 Å². The number of rotatable bonds is 2. The second kappa shape index (κ2) is 6.83. The Hall–Kier alpha value is -2.04. The highest BCUT2D eigenvalue weighted by Gasteiger charge is 2.35. The van der Waals surface area contributed by atoms with Crippen molar-refractivity contribution in [3.8, 4) is 0 Å². The summed E-state index contributed by atoms with van der Waals surface area (Å²) in [6.07, 6.45) is 0. The van der Waals surface area contributed by atoms with Crippen LogP contribution in [0.3, 0.4) is 0 Å². The summed E-state index contributed by atoms with van der Waals surface area (Å²) in [6, 6.07) is 13.4. The molecule has 1 heterocycles. The molecule has 0 saturated carbocycles. The van der Waals surface area contributed by atoms with Crippen LogP contribution in [0.2, 0.25) is 10.0 Å². The first-order valence-corrected chi connectivity index (χ1v) is 8.37. The number of piperazine rings is 1. The number of carbonyl (C=O) groups is 2. The minimum absolute atomic E-state index is 0.121. The van der Waals surface area contributed by atoms with E-state index >= 15 is 0 Å². The number of benzene rings is 2. The van der Waals surface area contributed by atoms with E-state index in [-0.39, 0.29) is 11.8 Å². The molecule has 6 heteroatoms. The largest absolute Gasteiger partial charge is 0.325 e. The van der Waals surface area contributed by atoms with Gasteiger partial charge in [0.15, 0.2) is 0 Å². The fourth-order valence-electron chi connectivity index (χ4n) is 2.81. The molecule has 1 aliphatic heterocycles. The van der Waals surface area contributed by atoms with Crippen molar-refractivity contribution < 1.29 is 9.59 Å². The first kappa shape index (κ1) is 16.8. The van der Waals surface area contributed by atoms with E-state index in [0.717, 1.165) is 5.69 Å². The molecular formula is C18H16Cl2N2O2. The van der Waals surface area contributed by atoms with Gasteiger partial charge in [-0.25, -0.2) is 0 Å². The van der Waals surface area contributed by atoms with E-state index in [1.54, 1.807) is 65.3 Å². The van der Waals surface area contributed by atoms with Gasteiger partial charge in [0.2, 0.25) is 5.91 Å². The molecule has 1 aliphatic rings. The van der Waals surface area contributed by atoms with Gasteiger partial charge in [0.05, 0.1) is 10.6 Å². The molecule has 1 fully saturated rings. The lowest BCUT2D eigenvalue weighted by atomic mass is 10.1. The summed E-state index contributed by atoms with van der Waals surface area (Å²) in [5.74, 6) is -0.346. The number of amides is 2. The highest BCUT2D eigenvalue weighted by Crippen LogP contribution is 2.25. The second-order valence-corrected chi connectivity index (χ2v) is 6.46. The van der Waals surface area contributed by atoms with E-state index in [0.29, 0.717) is 28.7 Å². The predicted octanol–water partition coefficient (Wildman–Crippen LogP) is 3.87. The predicted molar refractivity (Wildman–Crippen MR) is 95.8 cm³/mol. The Morgan fingerprint density at radius 1 is 1.04 bits per heavy atom. The third kappa shape index (κ3) is 3.12. The second-order valence-electron chi connectivity index (χ2n) is 5.62. The lowest BCUT2D eigenvalue weighted by Gasteiger charge is -2.39. The normalized spacial score (nSPS) is 18.0. The fourth-order valence-corrected chi connectivity index (χ4v) is 3.16. The third-order valence-electron chi connectivity index (χ3n) is 4.16. The number of halogens is 2. The van der Waals surface area contributed by atoms with Crippen molar-refractivity contribution in [3.05, 3.63) is 64.1 Å². The van der Waals surface area contributed by atoms with Crippen LogP contribution < -0.4 is 4.90 Å². The molecule has 1 saturated heterocycles. The molecule has 0 spiro atoms. The van der Waals surface area contributed by atoms with Crippen LogP contribution in [0.15, 0.2) is 48.5 Å². The molecule has 2 aromatic carbocycles. The maximum Gasteiger partial charge on any atom is 0.256 e. The van der Waals surface area contributed by atoms with Crippen molar-refractivity contribution in [2.24, 2.45) is 0 Å². The van der Waals surface area contributed by atoms with Gasteiger partial charge < -0.3 is 9.80 Å². The zero-order valence-corrected chi connectivity index (χ0v) is 14.6. The van der Waals surface area contributed by atoms with E-state index in [9.17, 15) is 9.59 Å². The summed E-state index contributed by atoms with van der Waals surface area (Å²) in [7, 11) is 0. The summed E-state index contributed by atoms with van der Waals surface area (Å²) >= 11 is 12.0. The van der Waals surface area contributed by atoms with Gasteiger partial charge in [-0.05, 0) is 43.3 Å². The van der Waals surface area contributed by atoms with Gasteiger partial charge in [0, 0.05) is 23.8 Å². The summed E-state index contributed by atoms with van der Waals surface area (Å²) in [5.41, 5.74) is 1.19. The molecule has 0 bridgehead atoms. The Morgan fingerprint density at radius 3 is 2.38 bits per heavy atom. The smallest absolute Gasteiger partial charge is 0.256 e. The lowest BCUT2D eigenvalue weighted by Crippen LogP contribution is -2.57. The van der Waals surface area contributed by atoms with Crippen LogP contribution in [-0.2, 0) is 4.79 Å². The Bertz CT molecular complexity index is 777. The molecule has 1 atom stereocenters. The van der Waals surface area contributed by atoms with Crippen LogP contribution in [0.25, 0.3) is 0 Å². The summed E-state index contributed by atoms with van der Waals surface area (Å²) in [5, 5.41) is 1.01. The summed E-state index contributed by atoms with van der Waals surface area (Å²) in [6.45, 7) is 2.61. The molecule has 0 aromatic heterocycles. The van der Waals surface area contributed by atoms with E-state index < -0.39 is 6.04 Å². The van der Waals surface area contributed by atoms with Crippen LogP contribution in [0, 0.1) is 0 Å². The molecule has 0 radical (unpaired) electrons. The molecule has 24 heavy (non-hydrogen) atoms. The molecule has 4 nitrogen and oxygen atoms in total. The lowest BCUT2D eigenvalue weighted by molar-refractivity contribution is -0.124. The number of hydrogen-bond donors (Lipinski definition) is 0. The van der Waals surface area contributed by atoms with Crippen molar-refractivity contribution in [2.75, 3.05) is 18.0 Å². The quantitative estimate of drug-likeness (QED) is 0.813. The number of carbonyl (C=O) groups excluding carboxylic acids is 2. The topological polar surface area (TPSA) is 40.6 Å². The van der Waals surface area contributed by atoms with Crippen LogP contribution >= 0.6 is 23.2 Å². The van der Waals surface area contributed by atoms with Crippen molar-refractivity contribution in [1.82, 2.24) is 4.90 Å². The highest BCUT2D eigenvalue weighted by molar-refractivity contribution is 6.34. The molecule has 3 rings (SSSR count). The van der Waals surface area contributed by atoms with E-state index in [1.807, 2.05) is 0 Å². The zero-order valence-electron chi connectivity index (χ0n) is 13.1. The monoisotopic (exact) mass is 362 g/mol. The van der Waals surface area contributed by atoms with Gasteiger partial charge >= 0.3 is 0 Å². The molecule has 0 unspecified atom stereocenters. The van der Waals surface area contributed by atoms with Crippen molar-refractivity contribution in [2.45, 2.75) is 13.0 Å². The summed E-state index contributed by atoms with van der Waals surface area (Å²) in [4.78, 5) is 28.7. The first-order valence-electron chi connectivity index (χ1n) is 7.61. The van der Waals surface area contributed by atoms with Crippen LogP contribution in [0.4, 0.5) is 5.69 Å². The molecule has 0 aliphatic carbocycles. The number of anilines is 1. The van der Waals surface area contributed by atoms with Crippen molar-refractivity contribution in [1.29, 1.82) is 0 Å². The van der Waals surface area contributed by atoms with Crippen molar-refractivity contribution in [3.63, 3.8) is 0 Å². The van der Waals surface area contributed by atoms with Crippen LogP contribution in [0.5, 0.6) is 0 Å². The fraction of sp³-hybridized carbons (Fsp3) is 0.222. The first-order chi connectivity index (χ1) is 11.5. The molecule has 124 valence electrons. The van der Waals surface area contributed by atoms with Crippen LogP contribution in [0.1, 0.15) is 17.3 Å². The molecule has 2 aromatic rings. The van der Waals surface area contributed by atoms with Crippen LogP contribution in [-0.4, -0.2) is 35.8 Å². The average Bonchev–Trinajstić information content (AvgIpc) is 2.58. The van der Waals surface area contributed by atoms with Gasteiger partial charge in [-0.1, -0.05) is 35.3 Å². The van der Waals surface area contributed by atoms with Gasteiger partial charge in [0.25, 0.3) is 5.91 Å². The standard InChI is InChI=1S/C18H16Cl2N2O2/c1-12-17(23)22(14-8-6-13(19)7-9-14)11-10-21(12)18(24)15-4-2-3-5-16(15)20/h2-9,12H,10-11H2,1H3/t12-/m1/s1. The molecular weight excluding hydrogens is 347 g/mol. The SMILES string of the molecule is C[C@@H]1C(=O)N(c2ccc(Cl)cc2)CCN1C(=O)c1ccccc1Cl. The maximum absolute atomic E-state index is 12.7. The minimum Gasteiger partial charge on any atom is -0.325 e. The average molecular weight is 363 g/mol. The minimum atomic E-state index is -0.557. The Balaban J connectivity index is 1.81. The highest BCUT2D eigenvalue weighted by atomic mass is 35.5. The number of nitrogens with zero attached hydrogens (tertiary/aromatic N) is 2. The maximum atomic E-state index is 12.7. The molecule has 2 amide bonds. The van der Waals surface area contributed by atoms with Gasteiger partial charge in [-0.15, -0.1) is 0 Å². The van der Waals surface area contributed by atoms with Gasteiger partial charge in [-0.3, -0.25) is 9.59 Å². The van der Waals surface area contributed by atoms with E-state index in [1.165, 1.54) is 0 Å². The van der Waals surface area contributed by atoms with E-state index in [4.69, 9.17) is 23.2 Å². The molecule has 0 N–H and O–H groups in total. The zero-order chi connectivity index (χ0) is 17.3. The Morgan fingerprint density at radius 2 is 1.71 bits per heavy atom. The Kier molecular flexibility index (Phi) is 4.78. The van der Waals surface area contributed by atoms with Crippen molar-refractivity contribution >= 4 is 40.7 Å². The summed E-state index contributed by atoms with van der Waals surface area (Å²) < 4.78 is 0. The Labute approximate surface area is 150 Å². The number of hydrogen-bond acceptors (Lipinski definition) is 2.